The SMILES string of the molecule is CC/C=C\C/C=C\C/C=C\C/C=C\CCCCCCCCCCCCCCCCC(=O)OCC(COC(=O)CCCCCCC)OC(=O)CCCCCCCCCCCCCCCCCCCCCCCC. The number of ether oxygens (including phenoxy) is 3. The molecule has 0 bridgehead atoms. The van der Waals surface area contributed by atoms with Gasteiger partial charge in [-0.3, -0.25) is 14.4 Å². The summed E-state index contributed by atoms with van der Waals surface area (Å²) in [5.41, 5.74) is 0. The second kappa shape index (κ2) is 60.9. The zero-order valence-corrected chi connectivity index (χ0v) is 48.2. The first-order valence-corrected chi connectivity index (χ1v) is 31.6. The number of allylic oxidation sites excluding steroid dienone is 8. The number of esters is 3. The summed E-state index contributed by atoms with van der Waals surface area (Å²) in [5, 5.41) is 0. The third kappa shape index (κ3) is 58.3. The van der Waals surface area contributed by atoms with Crippen LogP contribution in [0.5, 0.6) is 0 Å². The fourth-order valence-electron chi connectivity index (χ4n) is 9.38. The van der Waals surface area contributed by atoms with Gasteiger partial charge < -0.3 is 14.2 Å². The third-order valence-electron chi connectivity index (χ3n) is 14.1. The number of rotatable bonds is 58. The van der Waals surface area contributed by atoms with Crippen LogP contribution < -0.4 is 0 Å². The summed E-state index contributed by atoms with van der Waals surface area (Å²) >= 11 is 0. The Morgan fingerprint density at radius 3 is 0.847 bits per heavy atom. The standard InChI is InChI=1S/C66H120O6/c1-4-7-10-13-15-17-19-21-23-25-27-29-31-32-33-34-35-37-38-40-42-44-46-48-50-53-56-59-65(68)71-62-63(61-70-64(67)58-55-52-12-9-6-3)72-66(69)60-57-54-51-49-47-45-43-41-39-36-30-28-26-24-22-20-18-16-14-11-8-5-2/h7,10,15,17,21,23,27,29,63H,4-6,8-9,11-14,16,18-20,22,24-26,28,30-62H2,1-3H3/b10-7-,17-15-,23-21-,29-27-. The van der Waals surface area contributed by atoms with Gasteiger partial charge in [0, 0.05) is 19.3 Å². The molecule has 0 rings (SSSR count). The Morgan fingerprint density at radius 2 is 0.542 bits per heavy atom. The van der Waals surface area contributed by atoms with Gasteiger partial charge in [-0.25, -0.2) is 0 Å². The predicted octanol–water partition coefficient (Wildman–Crippen LogP) is 21.4. The fraction of sp³-hybridized carbons (Fsp3) is 0.833. The first-order chi connectivity index (χ1) is 35.5. The van der Waals surface area contributed by atoms with E-state index in [9.17, 15) is 14.4 Å². The number of carbonyl (C=O) groups excluding carboxylic acids is 3. The highest BCUT2D eigenvalue weighted by molar-refractivity contribution is 5.71. The molecule has 72 heavy (non-hydrogen) atoms. The summed E-state index contributed by atoms with van der Waals surface area (Å²) < 4.78 is 16.8. The van der Waals surface area contributed by atoms with E-state index in [4.69, 9.17) is 14.2 Å². The topological polar surface area (TPSA) is 78.9 Å². The van der Waals surface area contributed by atoms with Crippen LogP contribution in [0.2, 0.25) is 0 Å². The van der Waals surface area contributed by atoms with Crippen molar-refractivity contribution in [1.82, 2.24) is 0 Å². The minimum atomic E-state index is -0.766. The molecule has 0 aromatic carbocycles. The summed E-state index contributed by atoms with van der Waals surface area (Å²) in [6.07, 6.45) is 76.0. The Balaban J connectivity index is 3.99. The monoisotopic (exact) mass is 1010 g/mol. The highest BCUT2D eigenvalue weighted by Gasteiger charge is 2.19. The van der Waals surface area contributed by atoms with E-state index in [2.05, 4.69) is 69.4 Å². The molecule has 1 atom stereocenters. The first-order valence-electron chi connectivity index (χ1n) is 31.6. The van der Waals surface area contributed by atoms with Crippen molar-refractivity contribution < 1.29 is 28.6 Å². The van der Waals surface area contributed by atoms with Crippen LogP contribution in [0, 0.1) is 0 Å². The molecule has 0 radical (unpaired) electrons. The summed E-state index contributed by atoms with van der Waals surface area (Å²) in [6, 6.07) is 0. The van der Waals surface area contributed by atoms with Crippen LogP contribution in [-0.4, -0.2) is 37.2 Å². The van der Waals surface area contributed by atoms with Gasteiger partial charge in [-0.1, -0.05) is 307 Å². The lowest BCUT2D eigenvalue weighted by Gasteiger charge is -2.18. The molecular formula is C66H120O6. The van der Waals surface area contributed by atoms with Crippen molar-refractivity contribution in [3.63, 3.8) is 0 Å². The summed E-state index contributed by atoms with van der Waals surface area (Å²) in [7, 11) is 0. The van der Waals surface area contributed by atoms with Crippen LogP contribution >= 0.6 is 0 Å². The largest absolute Gasteiger partial charge is 0.462 e. The lowest BCUT2D eigenvalue weighted by molar-refractivity contribution is -0.167. The maximum absolute atomic E-state index is 12.8. The second-order valence-corrected chi connectivity index (χ2v) is 21.3. The molecule has 0 aromatic heterocycles. The molecule has 0 amide bonds. The Kier molecular flexibility index (Phi) is 58.7. The Bertz CT molecular complexity index is 1250. The van der Waals surface area contributed by atoms with Crippen molar-refractivity contribution in [2.75, 3.05) is 13.2 Å². The van der Waals surface area contributed by atoms with E-state index in [0.29, 0.717) is 19.3 Å². The number of unbranched alkanes of at least 4 members (excludes halogenated alkanes) is 39. The van der Waals surface area contributed by atoms with Gasteiger partial charge in [0.15, 0.2) is 6.10 Å². The maximum atomic E-state index is 12.8. The van der Waals surface area contributed by atoms with Crippen molar-refractivity contribution in [3.8, 4) is 0 Å². The van der Waals surface area contributed by atoms with Crippen LogP contribution in [-0.2, 0) is 28.6 Å². The Morgan fingerprint density at radius 1 is 0.292 bits per heavy atom. The molecule has 0 N–H and O–H groups in total. The molecular weight excluding hydrogens is 889 g/mol. The second-order valence-electron chi connectivity index (χ2n) is 21.3. The minimum absolute atomic E-state index is 0.0691. The fourth-order valence-corrected chi connectivity index (χ4v) is 9.38. The van der Waals surface area contributed by atoms with E-state index in [1.165, 1.54) is 205 Å². The molecule has 0 aliphatic carbocycles. The maximum Gasteiger partial charge on any atom is 0.306 e. The summed E-state index contributed by atoms with van der Waals surface area (Å²) in [4.78, 5) is 37.9. The quantitative estimate of drug-likeness (QED) is 0.0261. The molecule has 0 heterocycles. The molecule has 1 unspecified atom stereocenters. The van der Waals surface area contributed by atoms with E-state index >= 15 is 0 Å². The van der Waals surface area contributed by atoms with Crippen molar-refractivity contribution in [1.29, 1.82) is 0 Å². The number of hydrogen-bond acceptors (Lipinski definition) is 6. The summed E-state index contributed by atoms with van der Waals surface area (Å²) in [5.74, 6) is -0.864. The molecule has 420 valence electrons. The van der Waals surface area contributed by atoms with Gasteiger partial charge in [-0.2, -0.15) is 0 Å². The zero-order chi connectivity index (χ0) is 52.2. The number of hydrogen-bond donors (Lipinski definition) is 0. The van der Waals surface area contributed by atoms with Crippen molar-refractivity contribution in [2.24, 2.45) is 0 Å². The molecule has 0 aliphatic heterocycles. The van der Waals surface area contributed by atoms with Gasteiger partial charge in [-0.15, -0.1) is 0 Å². The van der Waals surface area contributed by atoms with E-state index in [0.717, 1.165) is 89.9 Å². The Hall–Kier alpha value is -2.63. The average molecular weight is 1010 g/mol. The third-order valence-corrected chi connectivity index (χ3v) is 14.1. The highest BCUT2D eigenvalue weighted by Crippen LogP contribution is 2.18. The van der Waals surface area contributed by atoms with Crippen molar-refractivity contribution in [3.05, 3.63) is 48.6 Å². The van der Waals surface area contributed by atoms with Gasteiger partial charge in [0.2, 0.25) is 0 Å². The normalized spacial score (nSPS) is 12.3. The highest BCUT2D eigenvalue weighted by atomic mass is 16.6. The lowest BCUT2D eigenvalue weighted by atomic mass is 10.0. The molecule has 6 heteroatoms. The van der Waals surface area contributed by atoms with Gasteiger partial charge in [0.25, 0.3) is 0 Å². The van der Waals surface area contributed by atoms with Gasteiger partial charge >= 0.3 is 17.9 Å². The van der Waals surface area contributed by atoms with Gasteiger partial charge in [0.1, 0.15) is 13.2 Å². The predicted molar refractivity (Wildman–Crippen MR) is 312 cm³/mol. The van der Waals surface area contributed by atoms with Crippen LogP contribution in [0.4, 0.5) is 0 Å². The minimum Gasteiger partial charge on any atom is -0.462 e. The van der Waals surface area contributed by atoms with Crippen LogP contribution in [0.1, 0.15) is 335 Å². The first kappa shape index (κ1) is 69.4. The van der Waals surface area contributed by atoms with Gasteiger partial charge in [0.05, 0.1) is 0 Å². The van der Waals surface area contributed by atoms with Crippen molar-refractivity contribution in [2.45, 2.75) is 341 Å². The molecule has 0 saturated carbocycles. The molecule has 0 saturated heterocycles. The molecule has 0 spiro atoms. The van der Waals surface area contributed by atoms with Crippen LogP contribution in [0.25, 0.3) is 0 Å². The van der Waals surface area contributed by atoms with Crippen molar-refractivity contribution >= 4 is 17.9 Å². The number of carbonyl (C=O) groups is 3. The lowest BCUT2D eigenvalue weighted by Crippen LogP contribution is -2.30. The molecule has 0 aromatic rings. The molecule has 6 nitrogen and oxygen atoms in total. The molecule has 0 aliphatic rings. The average Bonchev–Trinajstić information content (AvgIpc) is 3.38. The van der Waals surface area contributed by atoms with Crippen LogP contribution in [0.15, 0.2) is 48.6 Å². The van der Waals surface area contributed by atoms with E-state index in [1.54, 1.807) is 0 Å². The van der Waals surface area contributed by atoms with E-state index < -0.39 is 6.10 Å². The van der Waals surface area contributed by atoms with Gasteiger partial charge in [-0.05, 0) is 57.8 Å². The molecule has 0 fully saturated rings. The smallest absolute Gasteiger partial charge is 0.306 e. The Labute approximate surface area is 448 Å². The zero-order valence-electron chi connectivity index (χ0n) is 48.2. The summed E-state index contributed by atoms with van der Waals surface area (Å²) in [6.45, 7) is 6.50. The van der Waals surface area contributed by atoms with Crippen LogP contribution in [0.3, 0.4) is 0 Å². The van der Waals surface area contributed by atoms with E-state index in [-0.39, 0.29) is 31.1 Å². The van der Waals surface area contributed by atoms with E-state index in [1.807, 2.05) is 0 Å².